The van der Waals surface area contributed by atoms with Crippen molar-refractivity contribution in [3.05, 3.63) is 35.9 Å². The van der Waals surface area contributed by atoms with Crippen LogP contribution in [0.15, 0.2) is 30.3 Å². The summed E-state index contributed by atoms with van der Waals surface area (Å²) in [7, 11) is 0. The van der Waals surface area contributed by atoms with Crippen molar-refractivity contribution in [3.63, 3.8) is 0 Å². The second-order valence-corrected chi connectivity index (χ2v) is 4.23. The maximum absolute atomic E-state index is 11.6. The van der Waals surface area contributed by atoms with E-state index in [0.29, 0.717) is 6.42 Å². The lowest BCUT2D eigenvalue weighted by Gasteiger charge is -2.13. The van der Waals surface area contributed by atoms with Gasteiger partial charge in [0.2, 0.25) is 5.91 Å². The monoisotopic (exact) mass is 233 g/mol. The zero-order valence-corrected chi connectivity index (χ0v) is 10.1. The molecule has 0 aromatic heterocycles. The van der Waals surface area contributed by atoms with E-state index in [4.69, 9.17) is 6.42 Å². The first-order valence-corrected chi connectivity index (χ1v) is 5.63. The standard InChI is InChI=1S/C13H15NOS/c1-3-10(2)14-13(15)12(16)9-11-7-5-4-6-8-11/h1,4-8,10,12,16H,9H2,2H3,(H,14,15). The summed E-state index contributed by atoms with van der Waals surface area (Å²) in [5.41, 5.74) is 1.09. The maximum atomic E-state index is 11.6. The third kappa shape index (κ3) is 4.00. The molecule has 0 radical (unpaired) electrons. The molecular formula is C13H15NOS. The van der Waals surface area contributed by atoms with E-state index in [2.05, 4.69) is 23.9 Å². The lowest BCUT2D eigenvalue weighted by molar-refractivity contribution is -0.120. The average Bonchev–Trinajstić information content (AvgIpc) is 2.30. The van der Waals surface area contributed by atoms with Gasteiger partial charge in [0.15, 0.2) is 0 Å². The number of thiol groups is 1. The molecule has 0 aliphatic rings. The molecule has 1 amide bonds. The Morgan fingerprint density at radius 2 is 2.12 bits per heavy atom. The third-order valence-electron chi connectivity index (χ3n) is 2.18. The fourth-order valence-electron chi connectivity index (χ4n) is 1.28. The summed E-state index contributed by atoms with van der Waals surface area (Å²) >= 11 is 4.27. The number of carbonyl (C=O) groups excluding carboxylic acids is 1. The van der Waals surface area contributed by atoms with Gasteiger partial charge in [0.25, 0.3) is 0 Å². The van der Waals surface area contributed by atoms with E-state index in [0.717, 1.165) is 5.56 Å². The first kappa shape index (κ1) is 12.7. The molecule has 84 valence electrons. The van der Waals surface area contributed by atoms with Gasteiger partial charge in [0.1, 0.15) is 0 Å². The first-order chi connectivity index (χ1) is 7.63. The second-order valence-electron chi connectivity index (χ2n) is 3.60. The summed E-state index contributed by atoms with van der Waals surface area (Å²) in [5.74, 6) is 2.32. The molecular weight excluding hydrogens is 218 g/mol. The van der Waals surface area contributed by atoms with Gasteiger partial charge in [-0.15, -0.1) is 6.42 Å². The van der Waals surface area contributed by atoms with E-state index in [1.165, 1.54) is 0 Å². The smallest absolute Gasteiger partial charge is 0.234 e. The molecule has 0 aliphatic carbocycles. The molecule has 1 aromatic rings. The lowest BCUT2D eigenvalue weighted by Crippen LogP contribution is -2.38. The zero-order valence-electron chi connectivity index (χ0n) is 9.18. The fourth-order valence-corrected chi connectivity index (χ4v) is 1.57. The normalized spacial score (nSPS) is 13.6. The predicted octanol–water partition coefficient (Wildman–Crippen LogP) is 1.67. The molecule has 2 unspecified atom stereocenters. The van der Waals surface area contributed by atoms with Crippen LogP contribution >= 0.6 is 12.6 Å². The Hall–Kier alpha value is -1.40. The van der Waals surface area contributed by atoms with E-state index in [-0.39, 0.29) is 17.2 Å². The molecule has 0 saturated carbocycles. The van der Waals surface area contributed by atoms with Gasteiger partial charge in [0.05, 0.1) is 11.3 Å². The highest BCUT2D eigenvalue weighted by molar-refractivity contribution is 7.81. The van der Waals surface area contributed by atoms with Crippen LogP contribution in [-0.4, -0.2) is 17.2 Å². The second kappa shape index (κ2) is 6.24. The van der Waals surface area contributed by atoms with Crippen molar-refractivity contribution >= 4 is 18.5 Å². The van der Waals surface area contributed by atoms with Crippen LogP contribution < -0.4 is 5.32 Å². The summed E-state index contributed by atoms with van der Waals surface area (Å²) in [5, 5.41) is 2.34. The molecule has 0 fully saturated rings. The SMILES string of the molecule is C#CC(C)NC(=O)C(S)Cc1ccccc1. The van der Waals surface area contributed by atoms with Crippen LogP contribution in [-0.2, 0) is 11.2 Å². The summed E-state index contributed by atoms with van der Waals surface area (Å²) < 4.78 is 0. The maximum Gasteiger partial charge on any atom is 0.234 e. The van der Waals surface area contributed by atoms with E-state index in [9.17, 15) is 4.79 Å². The van der Waals surface area contributed by atoms with E-state index >= 15 is 0 Å². The van der Waals surface area contributed by atoms with Crippen LogP contribution in [0.3, 0.4) is 0 Å². The molecule has 0 aliphatic heterocycles. The van der Waals surface area contributed by atoms with Crippen molar-refractivity contribution in [2.75, 3.05) is 0 Å². The van der Waals surface area contributed by atoms with E-state index < -0.39 is 0 Å². The van der Waals surface area contributed by atoms with Crippen molar-refractivity contribution in [3.8, 4) is 12.3 Å². The van der Waals surface area contributed by atoms with Gasteiger partial charge in [-0.3, -0.25) is 4.79 Å². The van der Waals surface area contributed by atoms with Gasteiger partial charge in [-0.2, -0.15) is 12.6 Å². The highest BCUT2D eigenvalue weighted by Gasteiger charge is 2.15. The fraction of sp³-hybridized carbons (Fsp3) is 0.308. The van der Waals surface area contributed by atoms with Crippen molar-refractivity contribution in [2.45, 2.75) is 24.6 Å². The molecule has 0 spiro atoms. The highest BCUT2D eigenvalue weighted by atomic mass is 32.1. The van der Waals surface area contributed by atoms with Gasteiger partial charge in [-0.1, -0.05) is 36.3 Å². The largest absolute Gasteiger partial charge is 0.342 e. The molecule has 1 aromatic carbocycles. The number of terminal acetylenes is 1. The average molecular weight is 233 g/mol. The minimum absolute atomic E-state index is 0.127. The number of carbonyl (C=O) groups is 1. The first-order valence-electron chi connectivity index (χ1n) is 5.12. The Morgan fingerprint density at radius 3 is 2.69 bits per heavy atom. The minimum atomic E-state index is -0.363. The van der Waals surface area contributed by atoms with Crippen molar-refractivity contribution in [2.24, 2.45) is 0 Å². The zero-order chi connectivity index (χ0) is 12.0. The van der Waals surface area contributed by atoms with Gasteiger partial charge in [0, 0.05) is 0 Å². The predicted molar refractivity (Wildman–Crippen MR) is 69.4 cm³/mol. The number of nitrogens with one attached hydrogen (secondary N) is 1. The van der Waals surface area contributed by atoms with Crippen LogP contribution in [0.5, 0.6) is 0 Å². The minimum Gasteiger partial charge on any atom is -0.342 e. The number of rotatable bonds is 4. The Balaban J connectivity index is 2.50. The third-order valence-corrected chi connectivity index (χ3v) is 2.60. The molecule has 2 atom stereocenters. The Labute approximate surface area is 102 Å². The van der Waals surface area contributed by atoms with Crippen LogP contribution in [0.25, 0.3) is 0 Å². The topological polar surface area (TPSA) is 29.1 Å². The Kier molecular flexibility index (Phi) is 4.94. The quantitative estimate of drug-likeness (QED) is 0.601. The number of amides is 1. The highest BCUT2D eigenvalue weighted by Crippen LogP contribution is 2.07. The van der Waals surface area contributed by atoms with Crippen LogP contribution in [0, 0.1) is 12.3 Å². The summed E-state index contributed by atoms with van der Waals surface area (Å²) in [6.07, 6.45) is 5.79. The van der Waals surface area contributed by atoms with Crippen LogP contribution in [0.4, 0.5) is 0 Å². The Morgan fingerprint density at radius 1 is 1.50 bits per heavy atom. The molecule has 2 nitrogen and oxygen atoms in total. The van der Waals surface area contributed by atoms with Gasteiger partial charge in [-0.25, -0.2) is 0 Å². The molecule has 1 N–H and O–H groups in total. The van der Waals surface area contributed by atoms with Crippen molar-refractivity contribution < 1.29 is 4.79 Å². The molecule has 0 bridgehead atoms. The summed E-state index contributed by atoms with van der Waals surface area (Å²) in [6, 6.07) is 9.52. The molecule has 1 rings (SSSR count). The summed E-state index contributed by atoms with van der Waals surface area (Å²) in [4.78, 5) is 11.6. The lowest BCUT2D eigenvalue weighted by atomic mass is 10.1. The number of hydrogen-bond acceptors (Lipinski definition) is 2. The van der Waals surface area contributed by atoms with Crippen molar-refractivity contribution in [1.29, 1.82) is 0 Å². The molecule has 3 heteroatoms. The molecule has 16 heavy (non-hydrogen) atoms. The van der Waals surface area contributed by atoms with Gasteiger partial charge >= 0.3 is 0 Å². The summed E-state index contributed by atoms with van der Waals surface area (Å²) in [6.45, 7) is 1.76. The Bertz CT molecular complexity index is 383. The molecule has 0 heterocycles. The van der Waals surface area contributed by atoms with Crippen LogP contribution in [0.1, 0.15) is 12.5 Å². The van der Waals surface area contributed by atoms with Gasteiger partial charge < -0.3 is 5.32 Å². The van der Waals surface area contributed by atoms with Crippen LogP contribution in [0.2, 0.25) is 0 Å². The molecule has 0 saturated heterocycles. The van der Waals surface area contributed by atoms with E-state index in [1.807, 2.05) is 30.3 Å². The van der Waals surface area contributed by atoms with E-state index in [1.54, 1.807) is 6.92 Å². The number of hydrogen-bond donors (Lipinski definition) is 2. The number of benzene rings is 1. The van der Waals surface area contributed by atoms with Gasteiger partial charge in [-0.05, 0) is 18.9 Å². The van der Waals surface area contributed by atoms with Crippen molar-refractivity contribution in [1.82, 2.24) is 5.32 Å².